The van der Waals surface area contributed by atoms with Crippen molar-refractivity contribution in [1.29, 1.82) is 0 Å². The average molecular weight is 287 g/mol. The van der Waals surface area contributed by atoms with Gasteiger partial charge in [0.05, 0.1) is 11.5 Å². The maximum Gasteiger partial charge on any atom is 0.311 e. The molecule has 5 nitrogen and oxygen atoms in total. The Morgan fingerprint density at radius 1 is 1.24 bits per heavy atom. The second kappa shape index (κ2) is 6.37. The van der Waals surface area contributed by atoms with E-state index in [4.69, 9.17) is 9.84 Å². The quantitative estimate of drug-likeness (QED) is 0.671. The van der Waals surface area contributed by atoms with Crippen LogP contribution in [-0.2, 0) is 13.0 Å². The molecule has 0 saturated carbocycles. The minimum absolute atomic E-state index is 0.0433. The van der Waals surface area contributed by atoms with E-state index in [1.807, 2.05) is 19.9 Å². The van der Waals surface area contributed by atoms with Gasteiger partial charge in [-0.1, -0.05) is 19.1 Å². The van der Waals surface area contributed by atoms with Crippen molar-refractivity contribution in [2.75, 3.05) is 0 Å². The van der Waals surface area contributed by atoms with Crippen LogP contribution in [0.25, 0.3) is 0 Å². The standard InChI is InChI=1S/C16H17NO4/c1-3-12-4-7-16(15(9-12)17(19)20)21-14-6-5-13(10-18)11(2)8-14/h4-9,18H,3,10H2,1-2H3. The molecule has 21 heavy (non-hydrogen) atoms. The van der Waals surface area contributed by atoms with E-state index >= 15 is 0 Å². The van der Waals surface area contributed by atoms with Crippen LogP contribution in [0.4, 0.5) is 5.69 Å². The van der Waals surface area contributed by atoms with E-state index in [0.717, 1.165) is 23.1 Å². The van der Waals surface area contributed by atoms with E-state index in [2.05, 4.69) is 0 Å². The molecule has 5 heteroatoms. The van der Waals surface area contributed by atoms with Crippen molar-refractivity contribution in [2.45, 2.75) is 26.9 Å². The minimum Gasteiger partial charge on any atom is -0.450 e. The predicted octanol–water partition coefficient (Wildman–Crippen LogP) is 3.75. The average Bonchev–Trinajstić information content (AvgIpc) is 2.47. The third-order valence-corrected chi connectivity index (χ3v) is 3.34. The van der Waals surface area contributed by atoms with Gasteiger partial charge in [-0.15, -0.1) is 0 Å². The number of hydrogen-bond donors (Lipinski definition) is 1. The number of ether oxygens (including phenoxy) is 1. The lowest BCUT2D eigenvalue weighted by atomic mass is 10.1. The number of nitro benzene ring substituents is 1. The zero-order valence-corrected chi connectivity index (χ0v) is 12.0. The lowest BCUT2D eigenvalue weighted by Crippen LogP contribution is -1.96. The van der Waals surface area contributed by atoms with Crippen LogP contribution in [0.2, 0.25) is 0 Å². The van der Waals surface area contributed by atoms with Gasteiger partial charge in [0.15, 0.2) is 0 Å². The zero-order valence-electron chi connectivity index (χ0n) is 12.0. The third-order valence-electron chi connectivity index (χ3n) is 3.34. The molecule has 0 bridgehead atoms. The molecule has 0 atom stereocenters. The monoisotopic (exact) mass is 287 g/mol. The van der Waals surface area contributed by atoms with E-state index in [0.29, 0.717) is 5.75 Å². The third kappa shape index (κ3) is 3.38. The fraction of sp³-hybridized carbons (Fsp3) is 0.250. The molecule has 0 fully saturated rings. The summed E-state index contributed by atoms with van der Waals surface area (Å²) in [6.07, 6.45) is 0.728. The van der Waals surface area contributed by atoms with Gasteiger partial charge in [0.2, 0.25) is 5.75 Å². The van der Waals surface area contributed by atoms with Crippen molar-refractivity contribution in [1.82, 2.24) is 0 Å². The number of aliphatic hydroxyl groups excluding tert-OH is 1. The predicted molar refractivity (Wildman–Crippen MR) is 79.7 cm³/mol. The SMILES string of the molecule is CCc1ccc(Oc2ccc(CO)c(C)c2)c([N+](=O)[O-])c1. The first kappa shape index (κ1) is 15.0. The van der Waals surface area contributed by atoms with Crippen LogP contribution >= 0.6 is 0 Å². The van der Waals surface area contributed by atoms with Crippen molar-refractivity contribution >= 4 is 5.69 Å². The Morgan fingerprint density at radius 2 is 2.00 bits per heavy atom. The highest BCUT2D eigenvalue weighted by Crippen LogP contribution is 2.33. The first-order valence-corrected chi connectivity index (χ1v) is 6.70. The molecular formula is C16H17NO4. The number of nitrogens with zero attached hydrogens (tertiary/aromatic N) is 1. The van der Waals surface area contributed by atoms with Gasteiger partial charge in [-0.2, -0.15) is 0 Å². The van der Waals surface area contributed by atoms with Crippen LogP contribution < -0.4 is 4.74 Å². The Balaban J connectivity index is 2.35. The fourth-order valence-corrected chi connectivity index (χ4v) is 2.05. The van der Waals surface area contributed by atoms with Gasteiger partial charge in [0.25, 0.3) is 0 Å². The maximum absolute atomic E-state index is 11.1. The summed E-state index contributed by atoms with van der Waals surface area (Å²) in [4.78, 5) is 10.7. The highest BCUT2D eigenvalue weighted by Gasteiger charge is 2.16. The lowest BCUT2D eigenvalue weighted by molar-refractivity contribution is -0.385. The molecule has 0 saturated heterocycles. The molecule has 110 valence electrons. The van der Waals surface area contributed by atoms with E-state index in [1.165, 1.54) is 6.07 Å². The molecule has 0 amide bonds. The number of aryl methyl sites for hydroxylation is 2. The van der Waals surface area contributed by atoms with Gasteiger partial charge in [-0.3, -0.25) is 10.1 Å². The Kier molecular flexibility index (Phi) is 4.55. The lowest BCUT2D eigenvalue weighted by Gasteiger charge is -2.09. The summed E-state index contributed by atoms with van der Waals surface area (Å²) < 4.78 is 5.63. The van der Waals surface area contributed by atoms with Crippen molar-refractivity contribution in [2.24, 2.45) is 0 Å². The van der Waals surface area contributed by atoms with Crippen LogP contribution in [0.5, 0.6) is 11.5 Å². The van der Waals surface area contributed by atoms with Crippen LogP contribution in [-0.4, -0.2) is 10.0 Å². The molecule has 2 aromatic carbocycles. The van der Waals surface area contributed by atoms with Gasteiger partial charge in [0, 0.05) is 6.07 Å². The summed E-state index contributed by atoms with van der Waals surface area (Å²) in [5.41, 5.74) is 2.53. The molecule has 0 aliphatic rings. The smallest absolute Gasteiger partial charge is 0.311 e. The van der Waals surface area contributed by atoms with Gasteiger partial charge in [0.1, 0.15) is 5.75 Å². The molecule has 0 radical (unpaired) electrons. The Hall–Kier alpha value is -2.40. The topological polar surface area (TPSA) is 72.6 Å². The van der Waals surface area contributed by atoms with E-state index in [-0.39, 0.29) is 18.0 Å². The second-order valence-corrected chi connectivity index (χ2v) is 4.76. The molecule has 0 heterocycles. The van der Waals surface area contributed by atoms with Crippen molar-refractivity contribution in [3.63, 3.8) is 0 Å². The molecule has 0 aliphatic heterocycles. The zero-order chi connectivity index (χ0) is 15.4. The summed E-state index contributed by atoms with van der Waals surface area (Å²) >= 11 is 0. The van der Waals surface area contributed by atoms with Crippen LogP contribution in [0.1, 0.15) is 23.6 Å². The Morgan fingerprint density at radius 3 is 2.57 bits per heavy atom. The molecule has 2 rings (SSSR count). The molecule has 0 aromatic heterocycles. The normalized spacial score (nSPS) is 10.4. The number of rotatable bonds is 5. The molecule has 0 aliphatic carbocycles. The van der Waals surface area contributed by atoms with Gasteiger partial charge in [-0.05, 0) is 48.2 Å². The molecule has 1 N–H and O–H groups in total. The van der Waals surface area contributed by atoms with Crippen molar-refractivity contribution < 1.29 is 14.8 Å². The Bertz CT molecular complexity index is 667. The first-order valence-electron chi connectivity index (χ1n) is 6.70. The largest absolute Gasteiger partial charge is 0.450 e. The summed E-state index contributed by atoms with van der Waals surface area (Å²) in [6.45, 7) is 3.75. The fourth-order valence-electron chi connectivity index (χ4n) is 2.05. The number of nitro groups is 1. The van der Waals surface area contributed by atoms with Gasteiger partial charge >= 0.3 is 5.69 Å². The number of aliphatic hydroxyl groups is 1. The van der Waals surface area contributed by atoms with Gasteiger partial charge < -0.3 is 9.84 Å². The van der Waals surface area contributed by atoms with Crippen LogP contribution in [0.3, 0.4) is 0 Å². The van der Waals surface area contributed by atoms with Crippen molar-refractivity contribution in [3.8, 4) is 11.5 Å². The first-order chi connectivity index (χ1) is 10.0. The molecule has 2 aromatic rings. The Labute approximate surface area is 123 Å². The molecule has 0 unspecified atom stereocenters. The van der Waals surface area contributed by atoms with E-state index in [9.17, 15) is 10.1 Å². The number of benzene rings is 2. The highest BCUT2D eigenvalue weighted by molar-refractivity contribution is 5.51. The minimum atomic E-state index is -0.441. The number of hydrogen-bond acceptors (Lipinski definition) is 4. The summed E-state index contributed by atoms with van der Waals surface area (Å²) in [7, 11) is 0. The van der Waals surface area contributed by atoms with E-state index in [1.54, 1.807) is 24.3 Å². The maximum atomic E-state index is 11.1. The molecule has 0 spiro atoms. The van der Waals surface area contributed by atoms with E-state index < -0.39 is 4.92 Å². The summed E-state index contributed by atoms with van der Waals surface area (Å²) in [5, 5.41) is 20.3. The van der Waals surface area contributed by atoms with Crippen LogP contribution in [0, 0.1) is 17.0 Å². The van der Waals surface area contributed by atoms with Crippen molar-refractivity contribution in [3.05, 3.63) is 63.2 Å². The second-order valence-electron chi connectivity index (χ2n) is 4.76. The summed E-state index contributed by atoms with van der Waals surface area (Å²) in [6, 6.07) is 10.2. The van der Waals surface area contributed by atoms with Crippen LogP contribution in [0.15, 0.2) is 36.4 Å². The summed E-state index contributed by atoms with van der Waals surface area (Å²) in [5.74, 6) is 0.727. The van der Waals surface area contributed by atoms with Gasteiger partial charge in [-0.25, -0.2) is 0 Å². The highest BCUT2D eigenvalue weighted by atomic mass is 16.6. The molecular weight excluding hydrogens is 270 g/mol.